The summed E-state index contributed by atoms with van der Waals surface area (Å²) in [5, 5.41) is 8.49. The molecule has 92 valence electrons. The summed E-state index contributed by atoms with van der Waals surface area (Å²) in [4.78, 5) is 3.55. The molecular weight excluding hydrogens is 212 g/mol. The Morgan fingerprint density at radius 2 is 1.94 bits per heavy atom. The molecule has 0 unspecified atom stereocenters. The Labute approximate surface area is 95.3 Å². The van der Waals surface area contributed by atoms with Gasteiger partial charge < -0.3 is 5.11 Å². The third-order valence-corrected chi connectivity index (χ3v) is 2.02. The molecule has 0 atom stereocenters. The maximum atomic E-state index is 13.0. The van der Waals surface area contributed by atoms with E-state index in [1.54, 1.807) is 6.07 Å². The number of aromatic nitrogens is 1. The van der Waals surface area contributed by atoms with Crippen LogP contribution in [-0.2, 0) is 5.92 Å². The lowest BCUT2D eigenvalue weighted by atomic mass is 10.0. The number of hydrogen-bond donors (Lipinski definition) is 1. The number of halogens is 2. The monoisotopic (exact) mass is 231 g/mol. The zero-order valence-electron chi connectivity index (χ0n) is 10.2. The molecule has 0 fully saturated rings. The van der Waals surface area contributed by atoms with Crippen LogP contribution in [0.5, 0.6) is 0 Å². The van der Waals surface area contributed by atoms with Crippen molar-refractivity contribution in [1.82, 2.24) is 4.98 Å². The van der Waals surface area contributed by atoms with Gasteiger partial charge in [0.15, 0.2) is 0 Å². The highest BCUT2D eigenvalue weighted by Gasteiger charge is 2.32. The van der Waals surface area contributed by atoms with Crippen molar-refractivity contribution >= 4 is 0 Å². The van der Waals surface area contributed by atoms with E-state index in [4.69, 9.17) is 5.11 Å². The van der Waals surface area contributed by atoms with Crippen LogP contribution in [0.3, 0.4) is 0 Å². The molecule has 1 heterocycles. The van der Waals surface area contributed by atoms with Crippen LogP contribution < -0.4 is 0 Å². The highest BCUT2D eigenvalue weighted by Crippen LogP contribution is 2.27. The number of hydrogen-bond acceptors (Lipinski definition) is 2. The van der Waals surface area contributed by atoms with E-state index in [9.17, 15) is 8.78 Å². The number of nitrogens with zero attached hydrogens (tertiary/aromatic N) is 1. The summed E-state index contributed by atoms with van der Waals surface area (Å²) in [5.41, 5.74) is 0.425. The average molecular weight is 231 g/mol. The Morgan fingerprint density at radius 3 is 2.38 bits per heavy atom. The van der Waals surface area contributed by atoms with E-state index in [-0.39, 0.29) is 11.6 Å². The second-order valence-corrected chi connectivity index (χ2v) is 3.49. The Hall–Kier alpha value is -1.03. The Balaban J connectivity index is 0.00000106. The zero-order valence-corrected chi connectivity index (χ0v) is 10.2. The minimum Gasteiger partial charge on any atom is -0.390 e. The van der Waals surface area contributed by atoms with Crippen molar-refractivity contribution in [2.45, 2.75) is 39.5 Å². The van der Waals surface area contributed by atoms with E-state index in [0.29, 0.717) is 0 Å². The molecule has 0 aliphatic heterocycles. The normalized spacial score (nSPS) is 11.0. The van der Waals surface area contributed by atoms with E-state index in [2.05, 4.69) is 4.98 Å². The smallest absolute Gasteiger partial charge is 0.312 e. The van der Waals surface area contributed by atoms with Crippen LogP contribution in [0.4, 0.5) is 8.78 Å². The fraction of sp³-hybridized carbons (Fsp3) is 0.583. The van der Waals surface area contributed by atoms with Crippen LogP contribution >= 0.6 is 0 Å². The number of aliphatic hydroxyl groups excluding tert-OH is 1. The largest absolute Gasteiger partial charge is 0.390 e. The summed E-state index contributed by atoms with van der Waals surface area (Å²) < 4.78 is 26.0. The quantitative estimate of drug-likeness (QED) is 0.865. The molecular formula is C12H19F2NO. The van der Waals surface area contributed by atoms with Crippen molar-refractivity contribution in [3.8, 4) is 0 Å². The van der Waals surface area contributed by atoms with Gasteiger partial charge in [0.05, 0.1) is 0 Å². The molecule has 0 radical (unpaired) electrons. The molecule has 0 spiro atoms. The van der Waals surface area contributed by atoms with Crippen LogP contribution in [0.2, 0.25) is 0 Å². The molecule has 0 amide bonds. The lowest BCUT2D eigenvalue weighted by Crippen LogP contribution is -2.20. The van der Waals surface area contributed by atoms with Gasteiger partial charge in [-0.15, -0.1) is 0 Å². The van der Waals surface area contributed by atoms with Crippen molar-refractivity contribution in [3.05, 3.63) is 29.6 Å². The topological polar surface area (TPSA) is 33.1 Å². The predicted octanol–water partition coefficient (Wildman–Crippen LogP) is 3.32. The molecule has 0 aromatic carbocycles. The molecule has 0 saturated carbocycles. The molecule has 1 rings (SSSR count). The van der Waals surface area contributed by atoms with Crippen molar-refractivity contribution in [2.24, 2.45) is 0 Å². The summed E-state index contributed by atoms with van der Waals surface area (Å²) in [5.74, 6) is -3.07. The molecule has 0 bridgehead atoms. The number of aliphatic hydroxyl groups is 1. The van der Waals surface area contributed by atoms with Gasteiger partial charge >= 0.3 is 5.92 Å². The van der Waals surface area contributed by atoms with Crippen LogP contribution in [0.1, 0.15) is 44.9 Å². The van der Waals surface area contributed by atoms with Gasteiger partial charge in [-0.3, -0.25) is 4.98 Å². The minimum absolute atomic E-state index is 0.172. The van der Waals surface area contributed by atoms with E-state index in [1.807, 2.05) is 27.7 Å². The number of pyridine rings is 1. The van der Waals surface area contributed by atoms with Crippen LogP contribution in [0.25, 0.3) is 0 Å². The molecule has 1 N–H and O–H groups in total. The minimum atomic E-state index is -3.25. The molecule has 0 saturated heterocycles. The third kappa shape index (κ3) is 3.85. The first-order chi connectivity index (χ1) is 7.47. The molecule has 0 aliphatic rings. The highest BCUT2D eigenvalue weighted by molar-refractivity contribution is 5.22. The van der Waals surface area contributed by atoms with Crippen LogP contribution in [-0.4, -0.2) is 16.7 Å². The van der Waals surface area contributed by atoms with Gasteiger partial charge in [-0.1, -0.05) is 27.7 Å². The van der Waals surface area contributed by atoms with Crippen molar-refractivity contribution in [1.29, 1.82) is 0 Å². The summed E-state index contributed by atoms with van der Waals surface area (Å²) in [7, 11) is 0. The zero-order chi connectivity index (χ0) is 12.8. The summed E-state index contributed by atoms with van der Waals surface area (Å²) in [6.45, 7) is 6.62. The summed E-state index contributed by atoms with van der Waals surface area (Å²) in [6, 6.07) is 3.03. The lowest BCUT2D eigenvalue weighted by Gasteiger charge is -2.14. The van der Waals surface area contributed by atoms with Crippen LogP contribution in [0.15, 0.2) is 18.3 Å². The SMILES string of the molecule is CC.CC(C)c1ccnc(C(F)(F)CO)c1. The van der Waals surface area contributed by atoms with Gasteiger partial charge in [-0.05, 0) is 23.6 Å². The van der Waals surface area contributed by atoms with Crippen molar-refractivity contribution < 1.29 is 13.9 Å². The molecule has 1 aromatic heterocycles. The molecule has 2 nitrogen and oxygen atoms in total. The van der Waals surface area contributed by atoms with E-state index in [1.165, 1.54) is 12.3 Å². The highest BCUT2D eigenvalue weighted by atomic mass is 19.3. The van der Waals surface area contributed by atoms with Gasteiger partial charge in [-0.2, -0.15) is 8.78 Å². The fourth-order valence-corrected chi connectivity index (χ4v) is 1.09. The first-order valence-electron chi connectivity index (χ1n) is 5.42. The van der Waals surface area contributed by atoms with Crippen LogP contribution in [0, 0.1) is 0 Å². The first kappa shape index (κ1) is 15.0. The molecule has 0 aliphatic carbocycles. The Bertz CT molecular complexity index is 314. The van der Waals surface area contributed by atoms with Crippen molar-refractivity contribution in [3.63, 3.8) is 0 Å². The number of alkyl halides is 2. The lowest BCUT2D eigenvalue weighted by molar-refractivity contribution is -0.0593. The van der Waals surface area contributed by atoms with Crippen molar-refractivity contribution in [2.75, 3.05) is 6.61 Å². The number of rotatable bonds is 3. The Morgan fingerprint density at radius 1 is 1.38 bits per heavy atom. The molecule has 16 heavy (non-hydrogen) atoms. The predicted molar refractivity (Wildman–Crippen MR) is 60.7 cm³/mol. The maximum Gasteiger partial charge on any atom is 0.312 e. The second kappa shape index (κ2) is 6.53. The second-order valence-electron chi connectivity index (χ2n) is 3.49. The van der Waals surface area contributed by atoms with Gasteiger partial charge in [0.25, 0.3) is 0 Å². The van der Waals surface area contributed by atoms with Gasteiger partial charge in [0, 0.05) is 6.20 Å². The standard InChI is InChI=1S/C10H13F2NO.C2H6/c1-7(2)8-3-4-13-9(5-8)10(11,12)6-14;1-2/h3-5,7,14H,6H2,1-2H3;1-2H3. The van der Waals surface area contributed by atoms with Gasteiger partial charge in [-0.25, -0.2) is 0 Å². The maximum absolute atomic E-state index is 13.0. The van der Waals surface area contributed by atoms with Gasteiger partial charge in [0.2, 0.25) is 0 Å². The Kier molecular flexibility index (Phi) is 6.11. The third-order valence-electron chi connectivity index (χ3n) is 2.02. The van der Waals surface area contributed by atoms with Gasteiger partial charge in [0.1, 0.15) is 12.3 Å². The van der Waals surface area contributed by atoms with E-state index < -0.39 is 12.5 Å². The van der Waals surface area contributed by atoms with E-state index >= 15 is 0 Å². The summed E-state index contributed by atoms with van der Waals surface area (Å²) >= 11 is 0. The summed E-state index contributed by atoms with van der Waals surface area (Å²) in [6.07, 6.45) is 1.34. The fourth-order valence-electron chi connectivity index (χ4n) is 1.09. The first-order valence-corrected chi connectivity index (χ1v) is 5.42. The molecule has 4 heteroatoms. The average Bonchev–Trinajstić information content (AvgIpc) is 2.32. The molecule has 1 aromatic rings. The van der Waals surface area contributed by atoms with E-state index in [0.717, 1.165) is 5.56 Å².